The molecule has 146 valence electrons. The lowest BCUT2D eigenvalue weighted by atomic mass is 10.1. The van der Waals surface area contributed by atoms with Crippen LogP contribution in [0, 0.1) is 27.7 Å². The van der Waals surface area contributed by atoms with E-state index < -0.39 is 0 Å². The molecule has 0 spiro atoms. The predicted molar refractivity (Wildman–Crippen MR) is 107 cm³/mol. The zero-order valence-corrected chi connectivity index (χ0v) is 16.9. The standard InChI is InChI=1S/C22H25N3O3/c1-14-6-8-18(9-7-14)22-24-23-20(28-22)12-25(5)21(26)13-27-19-11-15(2)10-16(3)17(19)4/h6-11H,12-13H2,1-5H3. The van der Waals surface area contributed by atoms with E-state index >= 15 is 0 Å². The normalized spacial score (nSPS) is 10.8. The van der Waals surface area contributed by atoms with Gasteiger partial charge in [0.2, 0.25) is 11.8 Å². The molecule has 3 rings (SSSR count). The highest BCUT2D eigenvalue weighted by atomic mass is 16.5. The minimum absolute atomic E-state index is 0.0425. The maximum atomic E-state index is 12.4. The number of aromatic nitrogens is 2. The molecule has 0 aliphatic heterocycles. The Morgan fingerprint density at radius 1 is 1.04 bits per heavy atom. The minimum atomic E-state index is -0.159. The predicted octanol–water partition coefficient (Wildman–Crippen LogP) is 4.01. The van der Waals surface area contributed by atoms with Crippen molar-refractivity contribution in [3.8, 4) is 17.2 Å². The largest absolute Gasteiger partial charge is 0.483 e. The Kier molecular flexibility index (Phi) is 5.78. The number of ether oxygens (including phenoxy) is 1. The monoisotopic (exact) mass is 379 g/mol. The van der Waals surface area contributed by atoms with Gasteiger partial charge in [-0.2, -0.15) is 0 Å². The first-order chi connectivity index (χ1) is 13.3. The van der Waals surface area contributed by atoms with E-state index in [2.05, 4.69) is 16.3 Å². The Morgan fingerprint density at radius 2 is 1.75 bits per heavy atom. The summed E-state index contributed by atoms with van der Waals surface area (Å²) in [6, 6.07) is 11.9. The van der Waals surface area contributed by atoms with Crippen LogP contribution in [0.1, 0.15) is 28.1 Å². The van der Waals surface area contributed by atoms with Gasteiger partial charge >= 0.3 is 0 Å². The third-order valence-electron chi connectivity index (χ3n) is 4.68. The summed E-state index contributed by atoms with van der Waals surface area (Å²) in [6.45, 7) is 8.24. The SMILES string of the molecule is Cc1ccc(-c2nnc(CN(C)C(=O)COc3cc(C)cc(C)c3C)o2)cc1. The number of hydrogen-bond donors (Lipinski definition) is 0. The highest BCUT2D eigenvalue weighted by Gasteiger charge is 2.16. The number of carbonyl (C=O) groups excluding carboxylic acids is 1. The Morgan fingerprint density at radius 3 is 2.46 bits per heavy atom. The Bertz CT molecular complexity index is 977. The molecule has 6 heteroatoms. The molecule has 1 amide bonds. The molecule has 0 atom stereocenters. The van der Waals surface area contributed by atoms with Crippen LogP contribution in [0.15, 0.2) is 40.8 Å². The summed E-state index contributed by atoms with van der Waals surface area (Å²) < 4.78 is 11.4. The quantitative estimate of drug-likeness (QED) is 0.647. The van der Waals surface area contributed by atoms with Crippen LogP contribution >= 0.6 is 0 Å². The van der Waals surface area contributed by atoms with E-state index in [0.29, 0.717) is 11.8 Å². The smallest absolute Gasteiger partial charge is 0.260 e. The Labute approximate surface area is 165 Å². The van der Waals surface area contributed by atoms with E-state index in [9.17, 15) is 4.79 Å². The molecule has 0 saturated carbocycles. The van der Waals surface area contributed by atoms with E-state index in [0.717, 1.165) is 33.6 Å². The average Bonchev–Trinajstić information content (AvgIpc) is 3.12. The first kappa shape index (κ1) is 19.6. The Balaban J connectivity index is 1.60. The molecule has 0 saturated heterocycles. The van der Waals surface area contributed by atoms with E-state index in [1.165, 1.54) is 4.90 Å². The average molecular weight is 379 g/mol. The molecule has 2 aromatic carbocycles. The van der Waals surface area contributed by atoms with Crippen molar-refractivity contribution in [2.24, 2.45) is 0 Å². The molecule has 0 fully saturated rings. The second-order valence-corrected chi connectivity index (χ2v) is 7.11. The second kappa shape index (κ2) is 8.25. The highest BCUT2D eigenvalue weighted by molar-refractivity contribution is 5.77. The molecule has 6 nitrogen and oxygen atoms in total. The molecule has 0 unspecified atom stereocenters. The van der Waals surface area contributed by atoms with Crippen molar-refractivity contribution in [2.45, 2.75) is 34.2 Å². The van der Waals surface area contributed by atoms with Crippen LogP contribution in [0.3, 0.4) is 0 Å². The number of nitrogens with zero attached hydrogens (tertiary/aromatic N) is 3. The number of hydrogen-bond acceptors (Lipinski definition) is 5. The van der Waals surface area contributed by atoms with Crippen molar-refractivity contribution in [2.75, 3.05) is 13.7 Å². The maximum absolute atomic E-state index is 12.4. The fourth-order valence-electron chi connectivity index (χ4n) is 2.82. The van der Waals surface area contributed by atoms with Crippen LogP contribution in [0.4, 0.5) is 0 Å². The molecular formula is C22H25N3O3. The molecule has 3 aromatic rings. The number of benzene rings is 2. The van der Waals surface area contributed by atoms with Crippen molar-refractivity contribution in [1.29, 1.82) is 0 Å². The third-order valence-corrected chi connectivity index (χ3v) is 4.68. The van der Waals surface area contributed by atoms with Gasteiger partial charge in [-0.25, -0.2) is 0 Å². The highest BCUT2D eigenvalue weighted by Crippen LogP contribution is 2.23. The Hall–Kier alpha value is -3.15. The summed E-state index contributed by atoms with van der Waals surface area (Å²) in [5.74, 6) is 1.40. The van der Waals surface area contributed by atoms with Gasteiger partial charge in [0.1, 0.15) is 5.75 Å². The summed E-state index contributed by atoms with van der Waals surface area (Å²) in [4.78, 5) is 13.9. The van der Waals surface area contributed by atoms with E-state index in [4.69, 9.17) is 9.15 Å². The molecule has 1 aromatic heterocycles. The number of carbonyl (C=O) groups is 1. The van der Waals surface area contributed by atoms with Crippen LogP contribution in [0.2, 0.25) is 0 Å². The van der Waals surface area contributed by atoms with Crippen molar-refractivity contribution >= 4 is 5.91 Å². The van der Waals surface area contributed by atoms with Crippen molar-refractivity contribution in [3.05, 3.63) is 64.5 Å². The lowest BCUT2D eigenvalue weighted by Gasteiger charge is -2.17. The summed E-state index contributed by atoms with van der Waals surface area (Å²) in [5.41, 5.74) is 5.30. The second-order valence-electron chi connectivity index (χ2n) is 7.11. The first-order valence-corrected chi connectivity index (χ1v) is 9.17. The van der Waals surface area contributed by atoms with Crippen LogP contribution in [0.5, 0.6) is 5.75 Å². The third kappa shape index (κ3) is 4.57. The van der Waals surface area contributed by atoms with Gasteiger partial charge in [0.25, 0.3) is 5.91 Å². The van der Waals surface area contributed by atoms with Gasteiger partial charge in [-0.05, 0) is 62.6 Å². The molecule has 0 N–H and O–H groups in total. The summed E-state index contributed by atoms with van der Waals surface area (Å²) in [7, 11) is 1.69. The van der Waals surface area contributed by atoms with Gasteiger partial charge in [-0.1, -0.05) is 23.8 Å². The molecule has 0 aliphatic carbocycles. The summed E-state index contributed by atoms with van der Waals surface area (Å²) in [6.07, 6.45) is 0. The van der Waals surface area contributed by atoms with E-state index in [1.807, 2.05) is 58.0 Å². The number of aryl methyl sites for hydroxylation is 3. The van der Waals surface area contributed by atoms with Crippen molar-refractivity contribution < 1.29 is 13.9 Å². The van der Waals surface area contributed by atoms with Gasteiger partial charge in [0.05, 0.1) is 6.54 Å². The summed E-state index contributed by atoms with van der Waals surface area (Å²) in [5, 5.41) is 8.11. The zero-order valence-electron chi connectivity index (χ0n) is 16.9. The number of likely N-dealkylation sites (N-methyl/N-ethyl adjacent to an activating group) is 1. The van der Waals surface area contributed by atoms with E-state index in [1.54, 1.807) is 7.05 Å². The lowest BCUT2D eigenvalue weighted by Crippen LogP contribution is -2.31. The molecule has 1 heterocycles. The van der Waals surface area contributed by atoms with E-state index in [-0.39, 0.29) is 19.1 Å². The zero-order chi connectivity index (χ0) is 20.3. The molecule has 0 bridgehead atoms. The van der Waals surface area contributed by atoms with Gasteiger partial charge in [0, 0.05) is 12.6 Å². The topological polar surface area (TPSA) is 68.5 Å². The summed E-state index contributed by atoms with van der Waals surface area (Å²) >= 11 is 0. The number of rotatable bonds is 6. The van der Waals surface area contributed by atoms with Crippen LogP contribution in [0.25, 0.3) is 11.5 Å². The minimum Gasteiger partial charge on any atom is -0.483 e. The van der Waals surface area contributed by atoms with Gasteiger partial charge < -0.3 is 14.1 Å². The fraction of sp³-hybridized carbons (Fsp3) is 0.318. The van der Waals surface area contributed by atoms with Crippen molar-refractivity contribution in [3.63, 3.8) is 0 Å². The van der Waals surface area contributed by atoms with Gasteiger partial charge in [-0.15, -0.1) is 10.2 Å². The van der Waals surface area contributed by atoms with Crippen molar-refractivity contribution in [1.82, 2.24) is 15.1 Å². The fourth-order valence-corrected chi connectivity index (χ4v) is 2.82. The van der Waals surface area contributed by atoms with Gasteiger partial charge in [0.15, 0.2) is 6.61 Å². The van der Waals surface area contributed by atoms with Crippen LogP contribution < -0.4 is 4.74 Å². The lowest BCUT2D eigenvalue weighted by molar-refractivity contribution is -0.132. The molecule has 28 heavy (non-hydrogen) atoms. The van der Waals surface area contributed by atoms with Crippen LogP contribution in [-0.4, -0.2) is 34.7 Å². The molecule has 0 radical (unpaired) electrons. The number of amides is 1. The molecular weight excluding hydrogens is 354 g/mol. The maximum Gasteiger partial charge on any atom is 0.260 e. The van der Waals surface area contributed by atoms with Gasteiger partial charge in [-0.3, -0.25) is 4.79 Å². The van der Waals surface area contributed by atoms with Crippen LogP contribution in [-0.2, 0) is 11.3 Å². The first-order valence-electron chi connectivity index (χ1n) is 9.17. The molecule has 0 aliphatic rings.